The molecule has 3 nitrogen and oxygen atoms in total. The highest BCUT2D eigenvalue weighted by molar-refractivity contribution is 5.77. The molecular formula is C19H29NO2. The Hall–Kier alpha value is -1.51. The Labute approximate surface area is 134 Å². The largest absolute Gasteiger partial charge is 0.491 e. The fourth-order valence-electron chi connectivity index (χ4n) is 3.09. The zero-order valence-electron chi connectivity index (χ0n) is 14.3. The smallest absolute Gasteiger partial charge is 0.223 e. The molecule has 0 aromatic heterocycles. The maximum Gasteiger partial charge on any atom is 0.223 e. The summed E-state index contributed by atoms with van der Waals surface area (Å²) in [4.78, 5) is 14.5. The zero-order chi connectivity index (χ0) is 16.1. The molecule has 1 unspecified atom stereocenters. The summed E-state index contributed by atoms with van der Waals surface area (Å²) in [6, 6.07) is 8.26. The van der Waals surface area contributed by atoms with Crippen LogP contribution in [0.3, 0.4) is 0 Å². The molecule has 1 aliphatic heterocycles. The summed E-state index contributed by atoms with van der Waals surface area (Å²) in [6.45, 7) is 10.3. The van der Waals surface area contributed by atoms with Crippen LogP contribution >= 0.6 is 0 Å². The van der Waals surface area contributed by atoms with E-state index < -0.39 is 0 Å². The van der Waals surface area contributed by atoms with Gasteiger partial charge in [0, 0.05) is 19.5 Å². The maximum absolute atomic E-state index is 12.4. The predicted octanol–water partition coefficient (Wildman–Crippen LogP) is 4.23. The van der Waals surface area contributed by atoms with Crippen LogP contribution < -0.4 is 4.74 Å². The fourth-order valence-corrected chi connectivity index (χ4v) is 3.09. The van der Waals surface area contributed by atoms with Gasteiger partial charge in [-0.1, -0.05) is 26.0 Å². The van der Waals surface area contributed by atoms with Crippen molar-refractivity contribution in [3.8, 4) is 5.75 Å². The van der Waals surface area contributed by atoms with Crippen LogP contribution in [0.2, 0.25) is 0 Å². The van der Waals surface area contributed by atoms with Crippen molar-refractivity contribution in [3.05, 3.63) is 29.8 Å². The van der Waals surface area contributed by atoms with E-state index in [4.69, 9.17) is 4.74 Å². The lowest BCUT2D eigenvalue weighted by Gasteiger charge is -2.24. The molecule has 1 heterocycles. The van der Waals surface area contributed by atoms with Crippen LogP contribution in [0.1, 0.15) is 58.4 Å². The molecule has 0 radical (unpaired) electrons. The van der Waals surface area contributed by atoms with Gasteiger partial charge in [-0.2, -0.15) is 0 Å². The van der Waals surface area contributed by atoms with E-state index in [0.717, 1.165) is 31.7 Å². The van der Waals surface area contributed by atoms with E-state index >= 15 is 0 Å². The highest BCUT2D eigenvalue weighted by Gasteiger charge is 2.24. The van der Waals surface area contributed by atoms with Gasteiger partial charge in [0.2, 0.25) is 5.91 Å². The molecule has 122 valence electrons. The molecule has 1 saturated heterocycles. The van der Waals surface area contributed by atoms with E-state index in [1.165, 1.54) is 5.56 Å². The van der Waals surface area contributed by atoms with Crippen LogP contribution in [0.5, 0.6) is 5.75 Å². The lowest BCUT2D eigenvalue weighted by Crippen LogP contribution is -2.29. The number of carbonyl (C=O) groups is 1. The van der Waals surface area contributed by atoms with Crippen LogP contribution in [0.25, 0.3) is 0 Å². The lowest BCUT2D eigenvalue weighted by molar-refractivity contribution is -0.130. The molecule has 1 aliphatic rings. The second-order valence-electron chi connectivity index (χ2n) is 6.88. The summed E-state index contributed by atoms with van der Waals surface area (Å²) < 4.78 is 5.70. The molecule has 0 bridgehead atoms. The molecule has 1 fully saturated rings. The third-order valence-electron chi connectivity index (χ3n) is 4.34. The quantitative estimate of drug-likeness (QED) is 0.787. The molecule has 0 aliphatic carbocycles. The van der Waals surface area contributed by atoms with Crippen molar-refractivity contribution in [1.29, 1.82) is 0 Å². The molecule has 0 saturated carbocycles. The average molecular weight is 303 g/mol. The molecule has 1 aromatic rings. The third kappa shape index (κ3) is 4.49. The summed E-state index contributed by atoms with van der Waals surface area (Å²) in [5.41, 5.74) is 1.23. The number of likely N-dealkylation sites (tertiary alicyclic amines) is 1. The SMILES string of the molecule is CC(C)Oc1ccc(C(CC(=O)N2CCCC2)C(C)C)cc1. The van der Waals surface area contributed by atoms with Gasteiger partial charge in [-0.3, -0.25) is 4.79 Å². The van der Waals surface area contributed by atoms with Gasteiger partial charge >= 0.3 is 0 Å². The first-order valence-electron chi connectivity index (χ1n) is 8.51. The van der Waals surface area contributed by atoms with Crippen LogP contribution in [0.4, 0.5) is 0 Å². The van der Waals surface area contributed by atoms with E-state index in [0.29, 0.717) is 18.2 Å². The van der Waals surface area contributed by atoms with Gasteiger partial charge in [0.25, 0.3) is 0 Å². The standard InChI is InChI=1S/C19H29NO2/c1-14(2)18(13-19(21)20-11-5-6-12-20)16-7-9-17(10-8-16)22-15(3)4/h7-10,14-15,18H,5-6,11-13H2,1-4H3. The predicted molar refractivity (Wildman–Crippen MR) is 90.2 cm³/mol. The van der Waals surface area contributed by atoms with Gasteiger partial charge in [0.1, 0.15) is 5.75 Å². The zero-order valence-corrected chi connectivity index (χ0v) is 14.3. The van der Waals surface area contributed by atoms with Gasteiger partial charge in [-0.25, -0.2) is 0 Å². The number of amides is 1. The summed E-state index contributed by atoms with van der Waals surface area (Å²) >= 11 is 0. The van der Waals surface area contributed by atoms with Crippen LogP contribution in [0.15, 0.2) is 24.3 Å². The first kappa shape index (κ1) is 16.9. The minimum Gasteiger partial charge on any atom is -0.491 e. The van der Waals surface area contributed by atoms with Crippen molar-refractivity contribution in [2.24, 2.45) is 5.92 Å². The average Bonchev–Trinajstić information content (AvgIpc) is 2.99. The molecule has 0 N–H and O–H groups in total. The molecule has 1 atom stereocenters. The summed E-state index contributed by atoms with van der Waals surface area (Å²) in [5.74, 6) is 1.93. The van der Waals surface area contributed by atoms with E-state index in [2.05, 4.69) is 26.0 Å². The third-order valence-corrected chi connectivity index (χ3v) is 4.34. The van der Waals surface area contributed by atoms with Gasteiger partial charge in [0.15, 0.2) is 0 Å². The molecular weight excluding hydrogens is 274 g/mol. The van der Waals surface area contributed by atoms with E-state index in [9.17, 15) is 4.79 Å². The summed E-state index contributed by atoms with van der Waals surface area (Å²) in [7, 11) is 0. The monoisotopic (exact) mass is 303 g/mol. The topological polar surface area (TPSA) is 29.5 Å². The number of hydrogen-bond acceptors (Lipinski definition) is 2. The van der Waals surface area contributed by atoms with E-state index in [1.54, 1.807) is 0 Å². The van der Waals surface area contributed by atoms with E-state index in [1.807, 2.05) is 30.9 Å². The normalized spacial score (nSPS) is 16.4. The Morgan fingerprint density at radius 1 is 1.09 bits per heavy atom. The Kier molecular flexibility index (Phi) is 5.87. The minimum atomic E-state index is 0.184. The van der Waals surface area contributed by atoms with Crippen molar-refractivity contribution >= 4 is 5.91 Å². The Morgan fingerprint density at radius 3 is 2.18 bits per heavy atom. The van der Waals surface area contributed by atoms with Gasteiger partial charge in [-0.05, 0) is 56.2 Å². The maximum atomic E-state index is 12.4. The Balaban J connectivity index is 2.05. The molecule has 1 aromatic carbocycles. The number of hydrogen-bond donors (Lipinski definition) is 0. The summed E-state index contributed by atoms with van der Waals surface area (Å²) in [5, 5.41) is 0. The highest BCUT2D eigenvalue weighted by atomic mass is 16.5. The lowest BCUT2D eigenvalue weighted by atomic mass is 9.85. The second-order valence-corrected chi connectivity index (χ2v) is 6.88. The molecule has 22 heavy (non-hydrogen) atoms. The van der Waals surface area contributed by atoms with Gasteiger partial charge < -0.3 is 9.64 Å². The molecule has 0 spiro atoms. The van der Waals surface area contributed by atoms with Crippen LogP contribution in [-0.4, -0.2) is 30.0 Å². The van der Waals surface area contributed by atoms with Gasteiger partial charge in [-0.15, -0.1) is 0 Å². The van der Waals surface area contributed by atoms with Crippen molar-refractivity contribution in [1.82, 2.24) is 4.90 Å². The van der Waals surface area contributed by atoms with Crippen LogP contribution in [0, 0.1) is 5.92 Å². The van der Waals surface area contributed by atoms with Gasteiger partial charge in [0.05, 0.1) is 6.10 Å². The van der Waals surface area contributed by atoms with Crippen molar-refractivity contribution in [3.63, 3.8) is 0 Å². The molecule has 1 amide bonds. The van der Waals surface area contributed by atoms with Crippen molar-refractivity contribution in [2.75, 3.05) is 13.1 Å². The van der Waals surface area contributed by atoms with Crippen LogP contribution in [-0.2, 0) is 4.79 Å². The number of rotatable bonds is 6. The first-order valence-corrected chi connectivity index (χ1v) is 8.51. The van der Waals surface area contributed by atoms with Crippen molar-refractivity contribution < 1.29 is 9.53 Å². The molecule has 3 heteroatoms. The number of ether oxygens (including phenoxy) is 1. The second kappa shape index (κ2) is 7.66. The summed E-state index contributed by atoms with van der Waals surface area (Å²) in [6.07, 6.45) is 3.10. The first-order chi connectivity index (χ1) is 10.5. The Morgan fingerprint density at radius 2 is 1.68 bits per heavy atom. The fraction of sp³-hybridized carbons (Fsp3) is 0.632. The van der Waals surface area contributed by atoms with Crippen molar-refractivity contribution in [2.45, 2.75) is 59.0 Å². The number of carbonyl (C=O) groups excluding carboxylic acids is 1. The minimum absolute atomic E-state index is 0.184. The molecule has 2 rings (SSSR count). The van der Waals surface area contributed by atoms with E-state index in [-0.39, 0.29) is 12.0 Å². The number of nitrogens with zero attached hydrogens (tertiary/aromatic N) is 1. The number of benzene rings is 1. The highest BCUT2D eigenvalue weighted by Crippen LogP contribution is 2.30. The Bertz CT molecular complexity index is 473.